The van der Waals surface area contributed by atoms with E-state index in [1.165, 1.54) is 31.4 Å². The standard InChI is InChI=1S/C16H19ClF3NO/c17-12-7-8-14(13(10-12)16(18,19)20)21-15(22)9-6-11-4-2-1-3-5-11/h7-8,10-11H,1-6,9H2,(H,21,22). The third-order valence-electron chi connectivity index (χ3n) is 4.07. The van der Waals surface area contributed by atoms with Gasteiger partial charge in [-0.3, -0.25) is 4.79 Å². The molecule has 0 radical (unpaired) electrons. The van der Waals surface area contributed by atoms with Crippen LogP contribution in [0.4, 0.5) is 18.9 Å². The number of benzene rings is 1. The van der Waals surface area contributed by atoms with Crippen molar-refractivity contribution in [2.24, 2.45) is 5.92 Å². The molecule has 0 bridgehead atoms. The minimum atomic E-state index is -4.54. The second kappa shape index (κ2) is 7.36. The van der Waals surface area contributed by atoms with Crippen LogP contribution in [0.5, 0.6) is 0 Å². The average molecular weight is 334 g/mol. The molecule has 6 heteroatoms. The molecular formula is C16H19ClF3NO. The van der Waals surface area contributed by atoms with E-state index in [0.29, 0.717) is 5.92 Å². The van der Waals surface area contributed by atoms with Gasteiger partial charge in [0.15, 0.2) is 0 Å². The summed E-state index contributed by atoms with van der Waals surface area (Å²) in [7, 11) is 0. The van der Waals surface area contributed by atoms with Gasteiger partial charge in [-0.05, 0) is 30.5 Å². The predicted molar refractivity (Wildman–Crippen MR) is 80.9 cm³/mol. The van der Waals surface area contributed by atoms with Crippen molar-refractivity contribution in [3.05, 3.63) is 28.8 Å². The molecule has 1 aromatic rings. The molecule has 0 aromatic heterocycles. The maximum absolute atomic E-state index is 12.9. The lowest BCUT2D eigenvalue weighted by Crippen LogP contribution is -2.18. The molecule has 1 aromatic carbocycles. The topological polar surface area (TPSA) is 29.1 Å². The summed E-state index contributed by atoms with van der Waals surface area (Å²) in [6.07, 6.45) is 2.28. The molecule has 0 spiro atoms. The highest BCUT2D eigenvalue weighted by Gasteiger charge is 2.34. The Labute approximate surface area is 133 Å². The van der Waals surface area contributed by atoms with E-state index >= 15 is 0 Å². The van der Waals surface area contributed by atoms with E-state index in [2.05, 4.69) is 5.32 Å². The summed E-state index contributed by atoms with van der Waals surface area (Å²) in [5.74, 6) is 0.144. The van der Waals surface area contributed by atoms with Gasteiger partial charge in [-0.2, -0.15) is 13.2 Å². The molecule has 122 valence electrons. The fraction of sp³-hybridized carbons (Fsp3) is 0.562. The van der Waals surface area contributed by atoms with Crippen molar-refractivity contribution in [3.8, 4) is 0 Å². The van der Waals surface area contributed by atoms with Crippen molar-refractivity contribution in [3.63, 3.8) is 0 Å². The number of amides is 1. The minimum Gasteiger partial charge on any atom is -0.326 e. The van der Waals surface area contributed by atoms with Crippen LogP contribution in [0.3, 0.4) is 0 Å². The molecule has 1 fully saturated rings. The Balaban J connectivity index is 1.96. The number of hydrogen-bond acceptors (Lipinski definition) is 1. The van der Waals surface area contributed by atoms with Crippen LogP contribution in [0.2, 0.25) is 5.02 Å². The van der Waals surface area contributed by atoms with Crippen molar-refractivity contribution in [2.45, 2.75) is 51.1 Å². The van der Waals surface area contributed by atoms with E-state index in [0.717, 1.165) is 25.3 Å². The lowest BCUT2D eigenvalue weighted by molar-refractivity contribution is -0.137. The molecule has 0 saturated heterocycles. The number of rotatable bonds is 4. The second-order valence-electron chi connectivity index (χ2n) is 5.78. The van der Waals surface area contributed by atoms with Gasteiger partial charge in [0.25, 0.3) is 0 Å². The van der Waals surface area contributed by atoms with Gasteiger partial charge in [-0.15, -0.1) is 0 Å². The van der Waals surface area contributed by atoms with Crippen LogP contribution in [-0.2, 0) is 11.0 Å². The third-order valence-corrected chi connectivity index (χ3v) is 4.30. The van der Waals surface area contributed by atoms with Gasteiger partial charge in [0.05, 0.1) is 11.3 Å². The Morgan fingerprint density at radius 2 is 1.91 bits per heavy atom. The Morgan fingerprint density at radius 1 is 1.23 bits per heavy atom. The summed E-state index contributed by atoms with van der Waals surface area (Å²) < 4.78 is 38.8. The molecule has 0 aliphatic heterocycles. The molecule has 0 heterocycles. The average Bonchev–Trinajstić information content (AvgIpc) is 2.47. The summed E-state index contributed by atoms with van der Waals surface area (Å²) in [4.78, 5) is 11.9. The quantitative estimate of drug-likeness (QED) is 0.757. The molecule has 1 N–H and O–H groups in total. The normalized spacial score (nSPS) is 16.5. The first-order valence-corrected chi connectivity index (χ1v) is 7.90. The van der Waals surface area contributed by atoms with Gasteiger partial charge in [0.2, 0.25) is 5.91 Å². The van der Waals surface area contributed by atoms with E-state index in [1.807, 2.05) is 0 Å². The van der Waals surface area contributed by atoms with E-state index < -0.39 is 11.7 Å². The Hall–Kier alpha value is -1.23. The van der Waals surface area contributed by atoms with E-state index in [1.54, 1.807) is 0 Å². The van der Waals surface area contributed by atoms with E-state index in [9.17, 15) is 18.0 Å². The number of carbonyl (C=O) groups excluding carboxylic acids is 1. The van der Waals surface area contributed by atoms with Crippen LogP contribution in [-0.4, -0.2) is 5.91 Å². The number of nitrogens with one attached hydrogen (secondary N) is 1. The van der Waals surface area contributed by atoms with Crippen molar-refractivity contribution in [1.29, 1.82) is 0 Å². The van der Waals surface area contributed by atoms with E-state index in [-0.39, 0.29) is 23.0 Å². The lowest BCUT2D eigenvalue weighted by atomic mass is 9.86. The molecule has 2 rings (SSSR count). The zero-order valence-corrected chi connectivity index (χ0v) is 12.9. The van der Waals surface area contributed by atoms with Crippen LogP contribution in [0.1, 0.15) is 50.5 Å². The van der Waals surface area contributed by atoms with Crippen molar-refractivity contribution < 1.29 is 18.0 Å². The molecule has 1 aliphatic rings. The third kappa shape index (κ3) is 4.90. The van der Waals surface area contributed by atoms with Gasteiger partial charge >= 0.3 is 6.18 Å². The Morgan fingerprint density at radius 3 is 2.55 bits per heavy atom. The number of hydrogen-bond donors (Lipinski definition) is 1. The van der Waals surface area contributed by atoms with Crippen LogP contribution < -0.4 is 5.32 Å². The highest BCUT2D eigenvalue weighted by molar-refractivity contribution is 6.30. The Bertz CT molecular complexity index is 525. The number of halogens is 4. The molecule has 1 saturated carbocycles. The summed E-state index contributed by atoms with van der Waals surface area (Å²) in [6, 6.07) is 3.37. The van der Waals surface area contributed by atoms with Crippen LogP contribution in [0, 0.1) is 5.92 Å². The lowest BCUT2D eigenvalue weighted by Gasteiger charge is -2.21. The molecule has 1 amide bonds. The van der Waals surface area contributed by atoms with Gasteiger partial charge < -0.3 is 5.32 Å². The summed E-state index contributed by atoms with van der Waals surface area (Å²) >= 11 is 5.61. The molecule has 2 nitrogen and oxygen atoms in total. The maximum atomic E-state index is 12.9. The summed E-state index contributed by atoms with van der Waals surface area (Å²) in [5, 5.41) is 2.36. The first kappa shape index (κ1) is 17.1. The van der Waals surface area contributed by atoms with Gasteiger partial charge in [0.1, 0.15) is 0 Å². The number of alkyl halides is 3. The summed E-state index contributed by atoms with van der Waals surface area (Å²) in [5.41, 5.74) is -1.14. The Kier molecular flexibility index (Phi) is 5.73. The second-order valence-corrected chi connectivity index (χ2v) is 6.21. The molecular weight excluding hydrogens is 315 g/mol. The van der Waals surface area contributed by atoms with Crippen LogP contribution in [0.15, 0.2) is 18.2 Å². The minimum absolute atomic E-state index is 0.00692. The highest BCUT2D eigenvalue weighted by atomic mass is 35.5. The zero-order chi connectivity index (χ0) is 16.2. The fourth-order valence-corrected chi connectivity index (χ4v) is 3.06. The zero-order valence-electron chi connectivity index (χ0n) is 12.2. The van der Waals surface area contributed by atoms with Crippen molar-refractivity contribution >= 4 is 23.2 Å². The smallest absolute Gasteiger partial charge is 0.326 e. The first-order valence-electron chi connectivity index (χ1n) is 7.53. The number of anilines is 1. The van der Waals surface area contributed by atoms with Crippen LogP contribution in [0.25, 0.3) is 0 Å². The van der Waals surface area contributed by atoms with Crippen LogP contribution >= 0.6 is 11.6 Å². The largest absolute Gasteiger partial charge is 0.418 e. The predicted octanol–water partition coefficient (Wildman–Crippen LogP) is 5.66. The number of carbonyl (C=O) groups is 1. The SMILES string of the molecule is O=C(CCC1CCCCC1)Nc1ccc(Cl)cc1C(F)(F)F. The summed E-state index contributed by atoms with van der Waals surface area (Å²) in [6.45, 7) is 0. The first-order chi connectivity index (χ1) is 10.4. The highest BCUT2D eigenvalue weighted by Crippen LogP contribution is 2.36. The molecule has 0 atom stereocenters. The monoisotopic (exact) mass is 333 g/mol. The van der Waals surface area contributed by atoms with Gasteiger partial charge in [-0.25, -0.2) is 0 Å². The van der Waals surface area contributed by atoms with E-state index in [4.69, 9.17) is 11.6 Å². The van der Waals surface area contributed by atoms with Gasteiger partial charge in [-0.1, -0.05) is 43.7 Å². The van der Waals surface area contributed by atoms with Crippen molar-refractivity contribution in [2.75, 3.05) is 5.32 Å². The maximum Gasteiger partial charge on any atom is 0.418 e. The molecule has 0 unspecified atom stereocenters. The van der Waals surface area contributed by atoms with Gasteiger partial charge in [0, 0.05) is 11.4 Å². The fourth-order valence-electron chi connectivity index (χ4n) is 2.88. The molecule has 1 aliphatic carbocycles. The molecule has 22 heavy (non-hydrogen) atoms. The van der Waals surface area contributed by atoms with Crippen molar-refractivity contribution in [1.82, 2.24) is 0 Å².